The second-order valence-electron chi connectivity index (χ2n) is 4.23. The molecule has 1 aromatic heterocycles. The predicted octanol–water partition coefficient (Wildman–Crippen LogP) is 3.88. The van der Waals surface area contributed by atoms with Gasteiger partial charge >= 0.3 is 0 Å². The van der Waals surface area contributed by atoms with Crippen molar-refractivity contribution in [1.29, 1.82) is 0 Å². The maximum atomic E-state index is 13.2. The van der Waals surface area contributed by atoms with Crippen LogP contribution in [-0.2, 0) is 6.42 Å². The van der Waals surface area contributed by atoms with Crippen molar-refractivity contribution >= 4 is 11.6 Å². The minimum Gasteiger partial charge on any atom is -0.465 e. The van der Waals surface area contributed by atoms with Gasteiger partial charge in [0.2, 0.25) is 0 Å². The summed E-state index contributed by atoms with van der Waals surface area (Å²) in [6.07, 6.45) is 0.583. The maximum Gasteiger partial charge on any atom is 0.123 e. The molecule has 1 N–H and O–H groups in total. The molecule has 0 aliphatic rings. The summed E-state index contributed by atoms with van der Waals surface area (Å²) in [7, 11) is 1.84. The number of nitrogens with one attached hydrogen (secondary N) is 1. The molecular weight excluding hydrogens is 253 g/mol. The van der Waals surface area contributed by atoms with Gasteiger partial charge in [-0.25, -0.2) is 4.39 Å². The van der Waals surface area contributed by atoms with E-state index < -0.39 is 0 Å². The predicted molar refractivity (Wildman–Crippen MR) is 70.4 cm³/mol. The Hall–Kier alpha value is -1.32. The lowest BCUT2D eigenvalue weighted by molar-refractivity contribution is 0.414. The van der Waals surface area contributed by atoms with Crippen LogP contribution >= 0.6 is 11.6 Å². The van der Waals surface area contributed by atoms with E-state index in [0.717, 1.165) is 17.1 Å². The van der Waals surface area contributed by atoms with Gasteiger partial charge in [0, 0.05) is 5.02 Å². The van der Waals surface area contributed by atoms with Crippen molar-refractivity contribution < 1.29 is 8.81 Å². The topological polar surface area (TPSA) is 25.2 Å². The van der Waals surface area contributed by atoms with Crippen molar-refractivity contribution in [3.63, 3.8) is 0 Å². The van der Waals surface area contributed by atoms with Crippen molar-refractivity contribution in [1.82, 2.24) is 5.32 Å². The van der Waals surface area contributed by atoms with Crippen LogP contribution < -0.4 is 5.32 Å². The molecular formula is C14H15ClFNO. The average Bonchev–Trinajstić information content (AvgIpc) is 2.77. The van der Waals surface area contributed by atoms with Crippen LogP contribution in [0.5, 0.6) is 0 Å². The first-order valence-corrected chi connectivity index (χ1v) is 6.15. The fourth-order valence-electron chi connectivity index (χ4n) is 1.91. The molecule has 0 spiro atoms. The van der Waals surface area contributed by atoms with Crippen LogP contribution in [0.15, 0.2) is 34.7 Å². The quantitative estimate of drug-likeness (QED) is 0.909. The van der Waals surface area contributed by atoms with Gasteiger partial charge < -0.3 is 9.73 Å². The largest absolute Gasteiger partial charge is 0.465 e. The van der Waals surface area contributed by atoms with E-state index in [1.165, 1.54) is 12.1 Å². The molecule has 1 aromatic carbocycles. The minimum atomic E-state index is -0.278. The first kappa shape index (κ1) is 13.1. The van der Waals surface area contributed by atoms with Gasteiger partial charge in [-0.2, -0.15) is 0 Å². The number of benzene rings is 1. The highest BCUT2D eigenvalue weighted by molar-refractivity contribution is 6.31. The second kappa shape index (κ2) is 5.55. The molecule has 96 valence electrons. The molecule has 0 aliphatic carbocycles. The summed E-state index contributed by atoms with van der Waals surface area (Å²) >= 11 is 6.06. The number of hydrogen-bond donors (Lipinski definition) is 1. The number of likely N-dealkylation sites (N-methyl/N-ethyl adjacent to an activating group) is 1. The zero-order chi connectivity index (χ0) is 13.1. The molecule has 18 heavy (non-hydrogen) atoms. The molecule has 0 fully saturated rings. The van der Waals surface area contributed by atoms with Crippen molar-refractivity contribution in [2.45, 2.75) is 19.4 Å². The lowest BCUT2D eigenvalue weighted by Crippen LogP contribution is -2.18. The molecule has 1 unspecified atom stereocenters. The van der Waals surface area contributed by atoms with Gasteiger partial charge in [-0.05, 0) is 56.3 Å². The molecule has 1 atom stereocenters. The molecule has 0 saturated carbocycles. The first-order chi connectivity index (χ1) is 8.60. The van der Waals surface area contributed by atoms with E-state index in [9.17, 15) is 4.39 Å². The van der Waals surface area contributed by atoms with E-state index in [1.807, 2.05) is 26.1 Å². The fourth-order valence-corrected chi connectivity index (χ4v) is 2.10. The molecule has 1 heterocycles. The van der Waals surface area contributed by atoms with E-state index >= 15 is 0 Å². The highest BCUT2D eigenvalue weighted by Gasteiger charge is 2.15. The van der Waals surface area contributed by atoms with E-state index in [-0.39, 0.29) is 11.9 Å². The highest BCUT2D eigenvalue weighted by Crippen LogP contribution is 2.25. The lowest BCUT2D eigenvalue weighted by atomic mass is 10.0. The number of hydrogen-bond acceptors (Lipinski definition) is 2. The Morgan fingerprint density at radius 2 is 2.11 bits per heavy atom. The third-order valence-electron chi connectivity index (χ3n) is 2.88. The van der Waals surface area contributed by atoms with Gasteiger partial charge in [-0.1, -0.05) is 11.6 Å². The molecule has 0 saturated heterocycles. The number of furan rings is 1. The van der Waals surface area contributed by atoms with Crippen LogP contribution in [0.2, 0.25) is 5.02 Å². The van der Waals surface area contributed by atoms with Crippen LogP contribution in [-0.4, -0.2) is 7.05 Å². The average molecular weight is 268 g/mol. The summed E-state index contributed by atoms with van der Waals surface area (Å²) in [6.45, 7) is 1.89. The SMILES string of the molecule is CNC(Cc1cc(F)ccc1Cl)c1ccc(C)o1. The smallest absolute Gasteiger partial charge is 0.123 e. The molecule has 2 aromatic rings. The maximum absolute atomic E-state index is 13.2. The molecule has 0 bridgehead atoms. The van der Waals surface area contributed by atoms with Gasteiger partial charge in [0.05, 0.1) is 6.04 Å². The monoisotopic (exact) mass is 267 g/mol. The third-order valence-corrected chi connectivity index (χ3v) is 3.25. The number of rotatable bonds is 4. The molecule has 0 radical (unpaired) electrons. The van der Waals surface area contributed by atoms with Gasteiger partial charge in [0.25, 0.3) is 0 Å². The highest BCUT2D eigenvalue weighted by atomic mass is 35.5. The summed E-state index contributed by atoms with van der Waals surface area (Å²) in [6, 6.07) is 8.21. The van der Waals surface area contributed by atoms with Gasteiger partial charge in [0.1, 0.15) is 17.3 Å². The standard InChI is InChI=1S/C14H15ClFNO/c1-9-3-6-14(18-9)13(17-2)8-10-7-11(16)4-5-12(10)15/h3-7,13,17H,8H2,1-2H3. The summed E-state index contributed by atoms with van der Waals surface area (Å²) in [5, 5.41) is 3.72. The molecule has 4 heteroatoms. The summed E-state index contributed by atoms with van der Waals surface area (Å²) < 4.78 is 18.8. The van der Waals surface area contributed by atoms with E-state index in [0.29, 0.717) is 11.4 Å². The minimum absolute atomic E-state index is 0.0157. The Balaban J connectivity index is 2.22. The van der Waals surface area contributed by atoms with Crippen molar-refractivity contribution in [3.05, 3.63) is 58.3 Å². The normalized spacial score (nSPS) is 12.7. The van der Waals surface area contributed by atoms with Crippen LogP contribution in [0.3, 0.4) is 0 Å². The molecule has 2 rings (SSSR count). The zero-order valence-electron chi connectivity index (χ0n) is 10.3. The zero-order valence-corrected chi connectivity index (χ0v) is 11.1. The Morgan fingerprint density at radius 1 is 1.33 bits per heavy atom. The van der Waals surface area contributed by atoms with Gasteiger partial charge in [0.15, 0.2) is 0 Å². The van der Waals surface area contributed by atoms with Crippen LogP contribution in [0.4, 0.5) is 4.39 Å². The summed E-state index contributed by atoms with van der Waals surface area (Å²) in [4.78, 5) is 0. The van der Waals surface area contributed by atoms with Crippen molar-refractivity contribution in [3.8, 4) is 0 Å². The fraction of sp³-hybridized carbons (Fsp3) is 0.286. The Labute approximate surface area is 111 Å². The van der Waals surface area contributed by atoms with Crippen molar-refractivity contribution in [2.75, 3.05) is 7.05 Å². The summed E-state index contributed by atoms with van der Waals surface area (Å²) in [5.74, 6) is 1.41. The Morgan fingerprint density at radius 3 is 2.72 bits per heavy atom. The number of aryl methyl sites for hydroxylation is 1. The lowest BCUT2D eigenvalue weighted by Gasteiger charge is -2.14. The van der Waals surface area contributed by atoms with Crippen LogP contribution in [0.25, 0.3) is 0 Å². The summed E-state index contributed by atoms with van der Waals surface area (Å²) in [5.41, 5.74) is 0.769. The van der Waals surface area contributed by atoms with Gasteiger partial charge in [-0.3, -0.25) is 0 Å². The molecule has 2 nitrogen and oxygen atoms in total. The van der Waals surface area contributed by atoms with Crippen LogP contribution in [0, 0.1) is 12.7 Å². The molecule has 0 aliphatic heterocycles. The molecule has 0 amide bonds. The number of halogens is 2. The Kier molecular flexibility index (Phi) is 4.04. The van der Waals surface area contributed by atoms with Crippen LogP contribution in [0.1, 0.15) is 23.1 Å². The Bertz CT molecular complexity index is 538. The van der Waals surface area contributed by atoms with E-state index in [1.54, 1.807) is 6.07 Å². The first-order valence-electron chi connectivity index (χ1n) is 5.77. The van der Waals surface area contributed by atoms with Gasteiger partial charge in [-0.15, -0.1) is 0 Å². The second-order valence-corrected chi connectivity index (χ2v) is 4.64. The third kappa shape index (κ3) is 2.92. The van der Waals surface area contributed by atoms with E-state index in [2.05, 4.69) is 5.32 Å². The van der Waals surface area contributed by atoms with Crippen molar-refractivity contribution in [2.24, 2.45) is 0 Å². The van der Waals surface area contributed by atoms with E-state index in [4.69, 9.17) is 16.0 Å².